The van der Waals surface area contributed by atoms with Gasteiger partial charge in [-0.2, -0.15) is 4.98 Å². The molecule has 10 heteroatoms. The molecule has 0 atom stereocenters. The summed E-state index contributed by atoms with van der Waals surface area (Å²) >= 11 is 0. The average molecular weight is 360 g/mol. The third kappa shape index (κ3) is 4.11. The number of aryl methyl sites for hydroxylation is 1. The van der Waals surface area contributed by atoms with Crippen LogP contribution in [0.2, 0.25) is 0 Å². The molecular formula is C15H16N6O3S. The highest BCUT2D eigenvalue weighted by molar-refractivity contribution is 7.89. The number of aromatic nitrogens is 3. The fourth-order valence-electron chi connectivity index (χ4n) is 2.02. The molecule has 0 radical (unpaired) electrons. The van der Waals surface area contributed by atoms with Gasteiger partial charge in [0.05, 0.1) is 10.6 Å². The zero-order valence-corrected chi connectivity index (χ0v) is 14.3. The first-order valence-electron chi connectivity index (χ1n) is 7.28. The predicted octanol–water partition coefficient (Wildman–Crippen LogP) is 2.17. The molecule has 0 saturated carbocycles. The van der Waals surface area contributed by atoms with Crippen molar-refractivity contribution in [2.45, 2.75) is 11.8 Å². The number of sulfonamides is 1. The van der Waals surface area contributed by atoms with Crippen LogP contribution in [0.5, 0.6) is 0 Å². The molecule has 0 saturated heterocycles. The maximum Gasteiger partial charge on any atom is 0.300 e. The van der Waals surface area contributed by atoms with Crippen LogP contribution in [0.1, 0.15) is 5.69 Å². The van der Waals surface area contributed by atoms with Crippen molar-refractivity contribution in [3.63, 3.8) is 0 Å². The maximum absolute atomic E-state index is 11.9. The Morgan fingerprint density at radius 3 is 2.52 bits per heavy atom. The van der Waals surface area contributed by atoms with Crippen LogP contribution < -0.4 is 15.4 Å². The Balaban J connectivity index is 1.79. The van der Waals surface area contributed by atoms with Gasteiger partial charge in [-0.3, -0.25) is 5.32 Å². The molecular weight excluding hydrogens is 344 g/mol. The molecule has 2 aromatic heterocycles. The summed E-state index contributed by atoms with van der Waals surface area (Å²) in [6.45, 7) is 1.81. The van der Waals surface area contributed by atoms with Gasteiger partial charge in [-0.15, -0.1) is 0 Å². The van der Waals surface area contributed by atoms with E-state index in [4.69, 9.17) is 4.42 Å². The average Bonchev–Trinajstić information content (AvgIpc) is 3.00. The summed E-state index contributed by atoms with van der Waals surface area (Å²) in [6, 6.07) is 8.37. The standard InChI is InChI=1S/C15H16N6O3S/c1-10-8-24-15(19-10)21-14-7-13(17-9-18-14)20-11-4-3-5-12(6-11)25(22,23)16-2/h3-9,16H,1-2H3,(H2,17,18,19,20,21). The summed E-state index contributed by atoms with van der Waals surface area (Å²) in [7, 11) is -2.15. The lowest BCUT2D eigenvalue weighted by Crippen LogP contribution is -2.18. The number of hydrogen-bond acceptors (Lipinski definition) is 8. The Morgan fingerprint density at radius 2 is 1.84 bits per heavy atom. The normalized spacial score (nSPS) is 11.3. The van der Waals surface area contributed by atoms with Crippen molar-refractivity contribution < 1.29 is 12.8 Å². The van der Waals surface area contributed by atoms with Crippen molar-refractivity contribution in [2.75, 3.05) is 17.7 Å². The Kier molecular flexibility index (Phi) is 4.63. The van der Waals surface area contributed by atoms with Crippen LogP contribution >= 0.6 is 0 Å². The summed E-state index contributed by atoms with van der Waals surface area (Å²) < 4.78 is 31.2. The number of oxazole rings is 1. The summed E-state index contributed by atoms with van der Waals surface area (Å²) in [5, 5.41) is 5.96. The van der Waals surface area contributed by atoms with Crippen LogP contribution in [0, 0.1) is 6.92 Å². The fraction of sp³-hybridized carbons (Fsp3) is 0.133. The molecule has 0 unspecified atom stereocenters. The number of rotatable bonds is 6. The van der Waals surface area contributed by atoms with Gasteiger partial charge >= 0.3 is 0 Å². The lowest BCUT2D eigenvalue weighted by atomic mass is 10.3. The van der Waals surface area contributed by atoms with E-state index in [-0.39, 0.29) is 4.90 Å². The van der Waals surface area contributed by atoms with Crippen LogP contribution in [0.15, 0.2) is 52.2 Å². The minimum absolute atomic E-state index is 0.155. The molecule has 0 fully saturated rings. The largest absolute Gasteiger partial charge is 0.432 e. The molecule has 0 aliphatic carbocycles. The molecule has 0 aliphatic heterocycles. The molecule has 0 aliphatic rings. The second kappa shape index (κ2) is 6.87. The Hall–Kier alpha value is -2.98. The Morgan fingerprint density at radius 1 is 1.08 bits per heavy atom. The highest BCUT2D eigenvalue weighted by atomic mass is 32.2. The molecule has 1 aromatic carbocycles. The molecule has 2 heterocycles. The van der Waals surface area contributed by atoms with E-state index in [1.54, 1.807) is 18.2 Å². The highest BCUT2D eigenvalue weighted by Crippen LogP contribution is 2.21. The molecule has 130 valence electrons. The second-order valence-electron chi connectivity index (χ2n) is 5.07. The van der Waals surface area contributed by atoms with Gasteiger partial charge in [-0.25, -0.2) is 23.1 Å². The van der Waals surface area contributed by atoms with Crippen molar-refractivity contribution in [2.24, 2.45) is 0 Å². The van der Waals surface area contributed by atoms with Crippen molar-refractivity contribution in [1.82, 2.24) is 19.7 Å². The molecule has 25 heavy (non-hydrogen) atoms. The smallest absolute Gasteiger partial charge is 0.300 e. The van der Waals surface area contributed by atoms with Gasteiger partial charge in [0.15, 0.2) is 0 Å². The van der Waals surface area contributed by atoms with E-state index in [0.717, 1.165) is 5.69 Å². The molecule has 3 rings (SSSR count). The topological polar surface area (TPSA) is 122 Å². The zero-order chi connectivity index (χ0) is 17.9. The lowest BCUT2D eigenvalue weighted by molar-refractivity contribution is 0.576. The molecule has 3 N–H and O–H groups in total. The predicted molar refractivity (Wildman–Crippen MR) is 92.5 cm³/mol. The van der Waals surface area contributed by atoms with Crippen LogP contribution in [0.4, 0.5) is 23.3 Å². The second-order valence-corrected chi connectivity index (χ2v) is 6.95. The number of anilines is 4. The number of benzene rings is 1. The van der Waals surface area contributed by atoms with E-state index in [1.807, 2.05) is 6.92 Å². The van der Waals surface area contributed by atoms with Crippen LogP contribution in [-0.4, -0.2) is 30.4 Å². The van der Waals surface area contributed by atoms with Crippen molar-refractivity contribution in [3.8, 4) is 0 Å². The van der Waals surface area contributed by atoms with Crippen molar-refractivity contribution in [3.05, 3.63) is 48.6 Å². The van der Waals surface area contributed by atoms with E-state index in [1.165, 1.54) is 31.8 Å². The first-order chi connectivity index (χ1) is 12.0. The monoisotopic (exact) mass is 360 g/mol. The first-order valence-corrected chi connectivity index (χ1v) is 8.76. The van der Waals surface area contributed by atoms with E-state index >= 15 is 0 Å². The van der Waals surface area contributed by atoms with Gasteiger partial charge in [-0.05, 0) is 32.2 Å². The van der Waals surface area contributed by atoms with Crippen molar-refractivity contribution in [1.29, 1.82) is 0 Å². The zero-order valence-electron chi connectivity index (χ0n) is 13.5. The minimum Gasteiger partial charge on any atom is -0.432 e. The van der Waals surface area contributed by atoms with E-state index in [0.29, 0.717) is 23.3 Å². The van der Waals surface area contributed by atoms with Gasteiger partial charge in [0.2, 0.25) is 10.0 Å². The highest BCUT2D eigenvalue weighted by Gasteiger charge is 2.11. The first kappa shape index (κ1) is 16.9. The summed E-state index contributed by atoms with van der Waals surface area (Å²) in [6.07, 6.45) is 2.89. The van der Waals surface area contributed by atoms with Gasteiger partial charge < -0.3 is 9.73 Å². The summed E-state index contributed by atoms with van der Waals surface area (Å²) in [5.74, 6) is 0.970. The molecule has 0 bridgehead atoms. The van der Waals surface area contributed by atoms with Gasteiger partial charge in [0.25, 0.3) is 6.01 Å². The number of nitrogens with zero attached hydrogens (tertiary/aromatic N) is 3. The molecule has 0 spiro atoms. The maximum atomic E-state index is 11.9. The Labute approximate surface area is 144 Å². The van der Waals surface area contributed by atoms with E-state index in [9.17, 15) is 8.42 Å². The SMILES string of the molecule is CNS(=O)(=O)c1cccc(Nc2cc(Nc3nc(C)co3)ncn2)c1. The van der Waals surface area contributed by atoms with E-state index in [2.05, 4.69) is 30.3 Å². The van der Waals surface area contributed by atoms with Gasteiger partial charge in [-0.1, -0.05) is 6.07 Å². The van der Waals surface area contributed by atoms with Crippen LogP contribution in [0.3, 0.4) is 0 Å². The number of hydrogen-bond donors (Lipinski definition) is 3. The van der Waals surface area contributed by atoms with Crippen LogP contribution in [0.25, 0.3) is 0 Å². The van der Waals surface area contributed by atoms with Gasteiger partial charge in [0, 0.05) is 11.8 Å². The van der Waals surface area contributed by atoms with Crippen LogP contribution in [-0.2, 0) is 10.0 Å². The molecule has 3 aromatic rings. The minimum atomic E-state index is -3.52. The van der Waals surface area contributed by atoms with E-state index < -0.39 is 10.0 Å². The van der Waals surface area contributed by atoms with Crippen molar-refractivity contribution >= 4 is 33.4 Å². The molecule has 0 amide bonds. The Bertz CT molecular complexity index is 986. The summed E-state index contributed by atoms with van der Waals surface area (Å²) in [5.41, 5.74) is 1.32. The quantitative estimate of drug-likeness (QED) is 0.611. The fourth-order valence-corrected chi connectivity index (χ4v) is 2.80. The number of nitrogens with one attached hydrogen (secondary N) is 3. The summed E-state index contributed by atoms with van der Waals surface area (Å²) in [4.78, 5) is 12.5. The third-order valence-corrected chi connectivity index (χ3v) is 4.62. The third-order valence-electron chi connectivity index (χ3n) is 3.21. The lowest BCUT2D eigenvalue weighted by Gasteiger charge is -2.09. The van der Waals surface area contributed by atoms with Gasteiger partial charge in [0.1, 0.15) is 24.2 Å². The molecule has 9 nitrogen and oxygen atoms in total.